The number of rotatable bonds is 13. The predicted octanol–water partition coefficient (Wildman–Crippen LogP) is 12.3. The summed E-state index contributed by atoms with van der Waals surface area (Å²) >= 11 is 0. The van der Waals surface area contributed by atoms with Gasteiger partial charge in [0.15, 0.2) is 11.6 Å². The number of aryl methyl sites for hydroxylation is 4. The zero-order valence-corrected chi connectivity index (χ0v) is 44.5. The number of ether oxygens (including phenoxy) is 6. The number of amides is 1. The van der Waals surface area contributed by atoms with E-state index in [0.717, 1.165) is 22.3 Å². The van der Waals surface area contributed by atoms with E-state index in [1.807, 2.05) is 108 Å². The van der Waals surface area contributed by atoms with Gasteiger partial charge in [0.05, 0.1) is 28.9 Å². The number of esters is 2. The molecular weight excluding hydrogens is 953 g/mol. The topological polar surface area (TPSA) is 205 Å². The Bertz CT molecular complexity index is 2830. The van der Waals surface area contributed by atoms with Gasteiger partial charge in [0.1, 0.15) is 24.4 Å². The molecule has 0 aromatic heterocycles. The molecule has 15 nitrogen and oxygen atoms in total. The van der Waals surface area contributed by atoms with Gasteiger partial charge in [-0.2, -0.15) is 0 Å². The van der Waals surface area contributed by atoms with Gasteiger partial charge in [0.2, 0.25) is 0 Å². The van der Waals surface area contributed by atoms with Gasteiger partial charge in [-0.1, -0.05) is 120 Å². The Labute approximate surface area is 440 Å². The van der Waals surface area contributed by atoms with Crippen molar-refractivity contribution in [2.75, 3.05) is 0 Å². The van der Waals surface area contributed by atoms with E-state index in [1.54, 1.807) is 94.5 Å². The fourth-order valence-electron chi connectivity index (χ4n) is 9.45. The first kappa shape index (κ1) is 57.2. The molecule has 396 valence electrons. The minimum Gasteiger partial charge on any atom is -0.478 e. The van der Waals surface area contributed by atoms with Crippen LogP contribution in [0.25, 0.3) is 22.6 Å². The molecule has 0 radical (unpaired) electrons. The second kappa shape index (κ2) is 25.9. The molecule has 5 unspecified atom stereocenters. The van der Waals surface area contributed by atoms with Crippen LogP contribution in [0.3, 0.4) is 0 Å². The van der Waals surface area contributed by atoms with E-state index in [1.165, 1.54) is 0 Å². The third-order valence-electron chi connectivity index (χ3n) is 12.6. The summed E-state index contributed by atoms with van der Waals surface area (Å²) in [5, 5.41) is 16.5. The van der Waals surface area contributed by atoms with Crippen molar-refractivity contribution >= 4 is 36.0 Å². The van der Waals surface area contributed by atoms with E-state index < -0.39 is 60.0 Å². The van der Waals surface area contributed by atoms with Gasteiger partial charge in [0, 0.05) is 22.6 Å². The molecular formula is C60H70N4O11. The van der Waals surface area contributed by atoms with Crippen LogP contribution in [0.5, 0.6) is 0 Å². The van der Waals surface area contributed by atoms with Crippen LogP contribution in [0, 0.1) is 27.7 Å². The summed E-state index contributed by atoms with van der Waals surface area (Å²) in [6.45, 7) is 18.7. The zero-order chi connectivity index (χ0) is 54.5. The average molecular weight is 1020 g/mol. The maximum Gasteiger partial charge on any atom is 0.338 e. The molecule has 3 aliphatic rings. The van der Waals surface area contributed by atoms with Gasteiger partial charge in [-0.05, 0) is 152 Å². The highest BCUT2D eigenvalue weighted by Crippen LogP contribution is 2.36. The van der Waals surface area contributed by atoms with E-state index >= 15 is 0 Å². The SMILES string of the molecule is Cc1cc(C)c(C(=O)O)c(/C=C/C[C@@H]2OC(C)(C)OC2C(/C=C\C[C@H](C)N=[N+]=[N-])OC(=O)c2ccccc2)c1.Cc1cc(C)c2c(c1)/C=C/C[C@@H]1OC(C)(C)OC1C(OC(=O)c1ccccc1)/C=C\CC(C)NC2=O. The number of carboxylic acids is 1. The standard InChI is InChI=1S/C30H35N3O6.C30H35NO5/c1-19-17-20(2)26(28(34)35)23(18-19)14-10-16-25-27(39-30(4,5)38-25)24(15-9-11-21(3)32-33-31)37-29(36)22-12-7-6-8-13-22;1-19-17-20(2)26-23(18-19)14-10-16-25-27(36-30(4,5)35-25)24(15-9-11-21(3)31-28(26)32)34-29(33)22-12-7-6-8-13-22/h6-10,12-15,17-18,21,24-25,27H,11,16H2,1-5H3,(H,34,35);6-10,12-15,17-18,21,24-25,27H,11,16H2,1-5H3,(H,31,32)/b2*14-10+,15-9-/t21-,24?,25-,27?;21?,24?,25-,27?/m00/s1. The number of hydrogen-bond donors (Lipinski definition) is 2. The third kappa shape index (κ3) is 16.2. The van der Waals surface area contributed by atoms with Crippen LogP contribution >= 0.6 is 0 Å². The molecule has 0 saturated carbocycles. The molecule has 0 bridgehead atoms. The molecule has 7 rings (SSSR count). The molecule has 3 aliphatic heterocycles. The van der Waals surface area contributed by atoms with Gasteiger partial charge in [0.25, 0.3) is 5.91 Å². The van der Waals surface area contributed by atoms with Gasteiger partial charge in [-0.3, -0.25) is 4.79 Å². The maximum atomic E-state index is 13.2. The van der Waals surface area contributed by atoms with Crippen LogP contribution in [-0.2, 0) is 28.4 Å². The number of carbonyl (C=O) groups excluding carboxylic acids is 3. The predicted molar refractivity (Wildman–Crippen MR) is 288 cm³/mol. The van der Waals surface area contributed by atoms with E-state index in [-0.39, 0.29) is 29.7 Å². The summed E-state index contributed by atoms with van der Waals surface area (Å²) in [6.07, 6.45) is 13.5. The number of carbonyl (C=O) groups is 4. The second-order valence-corrected chi connectivity index (χ2v) is 20.2. The van der Waals surface area contributed by atoms with Crippen molar-refractivity contribution in [3.05, 3.63) is 187 Å². The zero-order valence-electron chi connectivity index (χ0n) is 44.5. The van der Waals surface area contributed by atoms with Gasteiger partial charge >= 0.3 is 17.9 Å². The Kier molecular flexibility index (Phi) is 19.7. The van der Waals surface area contributed by atoms with E-state index in [2.05, 4.69) is 15.3 Å². The Morgan fingerprint density at radius 1 is 0.840 bits per heavy atom. The second-order valence-electron chi connectivity index (χ2n) is 20.2. The largest absolute Gasteiger partial charge is 0.478 e. The van der Waals surface area contributed by atoms with Crippen molar-refractivity contribution in [1.82, 2.24) is 5.32 Å². The number of benzene rings is 4. The van der Waals surface area contributed by atoms with Crippen molar-refractivity contribution in [2.24, 2.45) is 5.11 Å². The molecule has 2 saturated heterocycles. The Hall–Kier alpha value is -7.13. The van der Waals surface area contributed by atoms with Crippen LogP contribution in [0.15, 0.2) is 126 Å². The first-order valence-electron chi connectivity index (χ1n) is 25.3. The minimum atomic E-state index is -0.986. The summed E-state index contributed by atoms with van der Waals surface area (Å²) in [5.74, 6) is -3.76. The van der Waals surface area contributed by atoms with Crippen molar-refractivity contribution in [3.63, 3.8) is 0 Å². The normalized spacial score (nSPS) is 23.7. The summed E-state index contributed by atoms with van der Waals surface area (Å²) in [5.41, 5.74) is 15.7. The van der Waals surface area contributed by atoms with Gasteiger partial charge in [-0.25, -0.2) is 14.4 Å². The highest BCUT2D eigenvalue weighted by Gasteiger charge is 2.47. The van der Waals surface area contributed by atoms with Crippen molar-refractivity contribution in [1.29, 1.82) is 0 Å². The Morgan fingerprint density at radius 2 is 1.48 bits per heavy atom. The lowest BCUT2D eigenvalue weighted by atomic mass is 9.96. The number of azide groups is 1. The smallest absolute Gasteiger partial charge is 0.338 e. The van der Waals surface area contributed by atoms with Crippen LogP contribution in [0.2, 0.25) is 0 Å². The molecule has 8 atom stereocenters. The molecule has 0 spiro atoms. The molecule has 4 aromatic rings. The monoisotopic (exact) mass is 1020 g/mol. The quantitative estimate of drug-likeness (QED) is 0.0424. The minimum absolute atomic E-state index is 0.100. The molecule has 0 aliphatic carbocycles. The Morgan fingerprint density at radius 3 is 2.15 bits per heavy atom. The van der Waals surface area contributed by atoms with Crippen LogP contribution in [-0.4, -0.2) is 89.2 Å². The highest BCUT2D eigenvalue weighted by molar-refractivity contribution is 5.99. The fourth-order valence-corrected chi connectivity index (χ4v) is 9.45. The summed E-state index contributed by atoms with van der Waals surface area (Å²) in [7, 11) is 0. The van der Waals surface area contributed by atoms with Crippen LogP contribution in [0.4, 0.5) is 0 Å². The summed E-state index contributed by atoms with van der Waals surface area (Å²) in [6, 6.07) is 24.9. The lowest BCUT2D eigenvalue weighted by Crippen LogP contribution is -2.38. The molecule has 2 N–H and O–H groups in total. The first-order chi connectivity index (χ1) is 35.6. The number of aromatic carboxylic acids is 1. The van der Waals surface area contributed by atoms with Crippen LogP contribution < -0.4 is 5.32 Å². The van der Waals surface area contributed by atoms with Crippen molar-refractivity contribution in [3.8, 4) is 0 Å². The summed E-state index contributed by atoms with van der Waals surface area (Å²) < 4.78 is 36.7. The number of hydrogen-bond acceptors (Lipinski definition) is 11. The lowest BCUT2D eigenvalue weighted by Gasteiger charge is -2.24. The van der Waals surface area contributed by atoms with E-state index in [4.69, 9.17) is 34.0 Å². The number of nitrogens with one attached hydrogen (secondary N) is 1. The summed E-state index contributed by atoms with van der Waals surface area (Å²) in [4.78, 5) is 53.7. The lowest BCUT2D eigenvalue weighted by molar-refractivity contribution is -0.153. The molecule has 1 amide bonds. The van der Waals surface area contributed by atoms with Gasteiger partial charge < -0.3 is 38.8 Å². The number of nitrogens with zero attached hydrogens (tertiary/aromatic N) is 3. The van der Waals surface area contributed by atoms with E-state index in [9.17, 15) is 24.3 Å². The highest BCUT2D eigenvalue weighted by atomic mass is 16.8. The third-order valence-corrected chi connectivity index (χ3v) is 12.6. The number of carboxylic acid groups (broad SMARTS) is 1. The van der Waals surface area contributed by atoms with Crippen LogP contribution in [0.1, 0.15) is 142 Å². The molecule has 4 aromatic carbocycles. The van der Waals surface area contributed by atoms with Crippen molar-refractivity contribution in [2.45, 2.75) is 155 Å². The maximum absolute atomic E-state index is 13.2. The Balaban J connectivity index is 0.000000244. The molecule has 3 heterocycles. The van der Waals surface area contributed by atoms with Crippen molar-refractivity contribution < 1.29 is 52.7 Å². The molecule has 15 heteroatoms. The first-order valence-corrected chi connectivity index (χ1v) is 25.3. The average Bonchev–Trinajstić information content (AvgIpc) is 3.83. The molecule has 75 heavy (non-hydrogen) atoms. The van der Waals surface area contributed by atoms with E-state index in [0.29, 0.717) is 53.5 Å². The molecule has 2 fully saturated rings. The van der Waals surface area contributed by atoms with Gasteiger partial charge in [-0.15, -0.1) is 0 Å². The fraction of sp³-hybridized carbons (Fsp3) is 0.400. The number of fused-ring (bicyclic) bond motifs is 2.